The fourth-order valence-corrected chi connectivity index (χ4v) is 3.65. The molecule has 1 fully saturated rings. The highest BCUT2D eigenvalue weighted by Gasteiger charge is 2.59. The second kappa shape index (κ2) is 5.34. The first kappa shape index (κ1) is 14.7. The number of hydrogen-bond acceptors (Lipinski definition) is 2. The van der Waals surface area contributed by atoms with Gasteiger partial charge in [-0.3, -0.25) is 9.59 Å². The van der Waals surface area contributed by atoms with Crippen molar-refractivity contribution in [2.75, 3.05) is 0 Å². The first-order chi connectivity index (χ1) is 11.6. The minimum Gasteiger partial charge on any atom is -0.369 e. The molecule has 0 aliphatic heterocycles. The van der Waals surface area contributed by atoms with E-state index in [0.29, 0.717) is 18.4 Å². The molecule has 2 unspecified atom stereocenters. The van der Waals surface area contributed by atoms with Crippen LogP contribution in [0.15, 0.2) is 65.5 Å². The molecule has 0 radical (unpaired) electrons. The second-order valence-electron chi connectivity index (χ2n) is 6.58. The highest BCUT2D eigenvalue weighted by Crippen LogP contribution is 2.60. The van der Waals surface area contributed by atoms with Gasteiger partial charge in [0.1, 0.15) is 0 Å². The Hall–Kier alpha value is -2.88. The van der Waals surface area contributed by atoms with Gasteiger partial charge in [0.25, 0.3) is 5.56 Å². The average Bonchev–Trinajstić information content (AvgIpc) is 3.32. The van der Waals surface area contributed by atoms with E-state index in [1.165, 1.54) is 0 Å². The Kier molecular flexibility index (Phi) is 3.27. The third-order valence-electron chi connectivity index (χ3n) is 5.10. The number of H-pyrrole nitrogens is 1. The number of para-hydroxylation sites is 1. The lowest BCUT2D eigenvalue weighted by Gasteiger charge is -2.14. The fraction of sp³-hybridized carbons (Fsp3) is 0.200. The first-order valence-corrected chi connectivity index (χ1v) is 8.06. The summed E-state index contributed by atoms with van der Waals surface area (Å²) in [7, 11) is 0. The minimum atomic E-state index is -0.656. The zero-order chi connectivity index (χ0) is 16.7. The summed E-state index contributed by atoms with van der Waals surface area (Å²) >= 11 is 0. The predicted octanol–water partition coefficient (Wildman–Crippen LogP) is 2.73. The van der Waals surface area contributed by atoms with Crippen molar-refractivity contribution < 1.29 is 4.79 Å². The molecule has 1 heterocycles. The summed E-state index contributed by atoms with van der Waals surface area (Å²) in [6, 6.07) is 19.4. The molecular weight excluding hydrogens is 300 g/mol. The van der Waals surface area contributed by atoms with Gasteiger partial charge in [-0.25, -0.2) is 0 Å². The Morgan fingerprint density at radius 3 is 2.58 bits per heavy atom. The van der Waals surface area contributed by atoms with E-state index in [1.807, 2.05) is 60.7 Å². The van der Waals surface area contributed by atoms with Gasteiger partial charge in [-0.1, -0.05) is 48.5 Å². The van der Waals surface area contributed by atoms with Gasteiger partial charge in [0.05, 0.1) is 5.41 Å². The van der Waals surface area contributed by atoms with Gasteiger partial charge in [-0.05, 0) is 41.8 Å². The lowest BCUT2D eigenvalue weighted by molar-refractivity contribution is -0.123. The second-order valence-corrected chi connectivity index (χ2v) is 6.58. The number of aromatic nitrogens is 1. The Morgan fingerprint density at radius 1 is 1.12 bits per heavy atom. The predicted molar refractivity (Wildman–Crippen MR) is 93.7 cm³/mol. The van der Waals surface area contributed by atoms with Crippen LogP contribution >= 0.6 is 0 Å². The van der Waals surface area contributed by atoms with E-state index in [2.05, 4.69) is 4.98 Å². The number of nitrogens with two attached hydrogens (primary N) is 1. The number of amides is 1. The summed E-state index contributed by atoms with van der Waals surface area (Å²) in [6.45, 7) is 0. The minimum absolute atomic E-state index is 0.0853. The summed E-state index contributed by atoms with van der Waals surface area (Å²) in [5.41, 5.74) is 7.44. The Morgan fingerprint density at radius 2 is 1.83 bits per heavy atom. The number of fused-ring (bicyclic) bond motifs is 1. The number of carbonyl (C=O) groups is 1. The molecule has 24 heavy (non-hydrogen) atoms. The van der Waals surface area contributed by atoms with Gasteiger partial charge in [0.15, 0.2) is 0 Å². The van der Waals surface area contributed by atoms with E-state index in [-0.39, 0.29) is 17.4 Å². The molecule has 0 bridgehead atoms. The zero-order valence-electron chi connectivity index (χ0n) is 13.2. The largest absolute Gasteiger partial charge is 0.369 e. The van der Waals surface area contributed by atoms with E-state index < -0.39 is 5.41 Å². The third kappa shape index (κ3) is 2.31. The molecule has 4 heteroatoms. The molecule has 0 saturated heterocycles. The van der Waals surface area contributed by atoms with Gasteiger partial charge in [-0.2, -0.15) is 0 Å². The van der Waals surface area contributed by atoms with Crippen molar-refractivity contribution in [2.24, 2.45) is 11.1 Å². The molecule has 1 amide bonds. The molecule has 0 spiro atoms. The number of primary amides is 1. The van der Waals surface area contributed by atoms with E-state index in [4.69, 9.17) is 5.73 Å². The smallest absolute Gasteiger partial charge is 0.251 e. The maximum Gasteiger partial charge on any atom is 0.251 e. The number of aromatic amines is 1. The monoisotopic (exact) mass is 318 g/mol. The quantitative estimate of drug-likeness (QED) is 0.776. The number of rotatable bonds is 4. The van der Waals surface area contributed by atoms with E-state index in [1.54, 1.807) is 0 Å². The van der Waals surface area contributed by atoms with Crippen molar-refractivity contribution in [1.29, 1.82) is 0 Å². The van der Waals surface area contributed by atoms with E-state index >= 15 is 0 Å². The van der Waals surface area contributed by atoms with Crippen molar-refractivity contribution in [3.05, 3.63) is 82.1 Å². The van der Waals surface area contributed by atoms with E-state index in [0.717, 1.165) is 16.5 Å². The molecule has 2 atom stereocenters. The molecular formula is C20H18N2O2. The lowest BCUT2D eigenvalue weighted by atomic mass is 9.91. The summed E-state index contributed by atoms with van der Waals surface area (Å²) in [6.07, 6.45) is 1.07. The summed E-state index contributed by atoms with van der Waals surface area (Å²) in [5.74, 6) is -0.244. The van der Waals surface area contributed by atoms with Crippen molar-refractivity contribution in [2.45, 2.75) is 18.8 Å². The van der Waals surface area contributed by atoms with Crippen LogP contribution in [0, 0.1) is 5.41 Å². The van der Waals surface area contributed by atoms with Gasteiger partial charge in [0.2, 0.25) is 5.91 Å². The maximum absolute atomic E-state index is 12.4. The van der Waals surface area contributed by atoms with Crippen LogP contribution in [0.3, 0.4) is 0 Å². The molecule has 3 N–H and O–H groups in total. The number of benzene rings is 2. The maximum atomic E-state index is 12.4. The number of carbonyl (C=O) groups excluding carboxylic acids is 1. The zero-order valence-corrected chi connectivity index (χ0v) is 13.2. The summed E-state index contributed by atoms with van der Waals surface area (Å²) < 4.78 is 0. The Balaban J connectivity index is 1.72. The van der Waals surface area contributed by atoms with Crippen molar-refractivity contribution in [3.63, 3.8) is 0 Å². The van der Waals surface area contributed by atoms with Gasteiger partial charge >= 0.3 is 0 Å². The Bertz CT molecular complexity index is 978. The normalized spacial score (nSPS) is 22.4. The van der Waals surface area contributed by atoms with E-state index in [9.17, 15) is 9.59 Å². The summed E-state index contributed by atoms with van der Waals surface area (Å²) in [5, 5.41) is 0.962. The topological polar surface area (TPSA) is 76.0 Å². The molecule has 1 aliphatic carbocycles. The van der Waals surface area contributed by atoms with Crippen LogP contribution in [0.25, 0.3) is 10.9 Å². The van der Waals surface area contributed by atoms with Crippen molar-refractivity contribution in [3.8, 4) is 0 Å². The lowest BCUT2D eigenvalue weighted by Crippen LogP contribution is -2.30. The van der Waals surface area contributed by atoms with Crippen molar-refractivity contribution >= 4 is 16.8 Å². The summed E-state index contributed by atoms with van der Waals surface area (Å²) in [4.78, 5) is 27.4. The van der Waals surface area contributed by atoms with Crippen LogP contribution in [0.1, 0.15) is 23.5 Å². The Labute approximate surface area is 139 Å². The molecule has 1 aliphatic rings. The van der Waals surface area contributed by atoms with Crippen LogP contribution in [0.5, 0.6) is 0 Å². The molecule has 1 aromatic heterocycles. The molecule has 2 aromatic carbocycles. The number of hydrogen-bond donors (Lipinski definition) is 2. The molecule has 1 saturated carbocycles. The highest BCUT2D eigenvalue weighted by molar-refractivity contribution is 5.86. The van der Waals surface area contributed by atoms with Gasteiger partial charge in [-0.15, -0.1) is 0 Å². The highest BCUT2D eigenvalue weighted by atomic mass is 16.1. The van der Waals surface area contributed by atoms with Crippen LogP contribution in [-0.4, -0.2) is 10.9 Å². The van der Waals surface area contributed by atoms with Crippen LogP contribution in [0.2, 0.25) is 0 Å². The number of nitrogens with one attached hydrogen (secondary N) is 1. The van der Waals surface area contributed by atoms with Crippen molar-refractivity contribution in [1.82, 2.24) is 4.98 Å². The standard InChI is InChI=1S/C20H18N2O2/c21-19(24)20(12-16(20)13-6-2-1-3-7-13)11-15-10-14-8-4-5-9-17(14)22-18(15)23/h1-10,16H,11-12H2,(H2,21,24)(H,22,23). The molecule has 4 nitrogen and oxygen atoms in total. The molecule has 120 valence electrons. The van der Waals surface area contributed by atoms with Gasteiger partial charge < -0.3 is 10.7 Å². The number of pyridine rings is 1. The van der Waals surface area contributed by atoms with Crippen LogP contribution in [-0.2, 0) is 11.2 Å². The first-order valence-electron chi connectivity index (χ1n) is 8.06. The average molecular weight is 318 g/mol. The van der Waals surface area contributed by atoms with Crippen LogP contribution in [0.4, 0.5) is 0 Å². The third-order valence-corrected chi connectivity index (χ3v) is 5.10. The molecule has 4 rings (SSSR count). The molecule has 3 aromatic rings. The van der Waals surface area contributed by atoms with Crippen LogP contribution < -0.4 is 11.3 Å². The fourth-order valence-electron chi connectivity index (χ4n) is 3.65. The van der Waals surface area contributed by atoms with Gasteiger partial charge in [0, 0.05) is 11.1 Å². The SMILES string of the molecule is NC(=O)C1(Cc2cc3ccccc3[nH]c2=O)CC1c1ccccc1.